The Morgan fingerprint density at radius 2 is 1.76 bits per heavy atom. The lowest BCUT2D eigenvalue weighted by Gasteiger charge is -2.22. The minimum atomic E-state index is -4.76. The molecule has 1 aliphatic rings. The molecule has 0 saturated carbocycles. The van der Waals surface area contributed by atoms with Crippen LogP contribution >= 0.6 is 11.6 Å². The number of benzene rings is 1. The molecule has 2 amide bonds. The number of nitrogens with zero attached hydrogens (tertiary/aromatic N) is 3. The summed E-state index contributed by atoms with van der Waals surface area (Å²) in [6.07, 6.45) is -1.98. The SMILES string of the molecule is CC1=C(n2nc(C(F)(F)F)cc2C(=O)Nc2c(C)cc(Cl)cc2C(=O)NC(C)(C)C)N=CCC1. The van der Waals surface area contributed by atoms with Gasteiger partial charge in [-0.3, -0.25) is 9.59 Å². The third-order valence-electron chi connectivity index (χ3n) is 4.95. The number of anilines is 1. The Balaban J connectivity index is 2.08. The first-order valence-electron chi connectivity index (χ1n) is 10.5. The number of hydrogen-bond donors (Lipinski definition) is 2. The maximum absolute atomic E-state index is 13.4. The Bertz CT molecular complexity index is 1210. The maximum atomic E-state index is 13.4. The van der Waals surface area contributed by atoms with E-state index in [1.54, 1.807) is 46.9 Å². The molecule has 1 aromatic carbocycles. The van der Waals surface area contributed by atoms with Crippen molar-refractivity contribution in [2.75, 3.05) is 5.32 Å². The molecular formula is C23H25ClF3N5O2. The fraction of sp³-hybridized carbons (Fsp3) is 0.391. The zero-order valence-electron chi connectivity index (χ0n) is 19.4. The highest BCUT2D eigenvalue weighted by Crippen LogP contribution is 2.32. The molecule has 0 fully saturated rings. The molecule has 0 atom stereocenters. The summed E-state index contributed by atoms with van der Waals surface area (Å²) in [4.78, 5) is 30.3. The van der Waals surface area contributed by atoms with Crippen LogP contribution in [0.2, 0.25) is 5.02 Å². The molecule has 2 aromatic rings. The van der Waals surface area contributed by atoms with Crippen molar-refractivity contribution in [3.05, 3.63) is 51.3 Å². The van der Waals surface area contributed by atoms with Crippen LogP contribution in [0.1, 0.15) is 72.6 Å². The summed E-state index contributed by atoms with van der Waals surface area (Å²) in [5.74, 6) is -1.21. The largest absolute Gasteiger partial charge is 0.435 e. The van der Waals surface area contributed by atoms with Gasteiger partial charge in [-0.15, -0.1) is 0 Å². The number of carbonyl (C=O) groups excluding carboxylic acids is 2. The minimum Gasteiger partial charge on any atom is -0.347 e. The number of hydrogen-bond acceptors (Lipinski definition) is 4. The van der Waals surface area contributed by atoms with Crippen molar-refractivity contribution < 1.29 is 22.8 Å². The quantitative estimate of drug-likeness (QED) is 0.570. The van der Waals surface area contributed by atoms with Gasteiger partial charge in [0, 0.05) is 22.8 Å². The third kappa shape index (κ3) is 5.67. The molecule has 2 N–H and O–H groups in total. The van der Waals surface area contributed by atoms with Gasteiger partial charge in [0.1, 0.15) is 5.69 Å². The smallest absolute Gasteiger partial charge is 0.347 e. The number of alkyl halides is 3. The van der Waals surface area contributed by atoms with E-state index >= 15 is 0 Å². The average molecular weight is 496 g/mol. The van der Waals surface area contributed by atoms with Crippen molar-refractivity contribution in [2.24, 2.45) is 4.99 Å². The zero-order valence-corrected chi connectivity index (χ0v) is 20.1. The van der Waals surface area contributed by atoms with E-state index in [0.717, 1.165) is 4.68 Å². The van der Waals surface area contributed by atoms with Gasteiger partial charge in [-0.05, 0) is 70.7 Å². The maximum Gasteiger partial charge on any atom is 0.435 e. The van der Waals surface area contributed by atoms with Gasteiger partial charge in [-0.1, -0.05) is 11.6 Å². The predicted octanol–water partition coefficient (Wildman–Crippen LogP) is 5.70. The molecule has 1 aliphatic heterocycles. The van der Waals surface area contributed by atoms with Gasteiger partial charge >= 0.3 is 6.18 Å². The number of aromatic nitrogens is 2. The first kappa shape index (κ1) is 25.5. The molecule has 2 heterocycles. The Kier molecular flexibility index (Phi) is 6.93. The van der Waals surface area contributed by atoms with E-state index in [1.807, 2.05) is 0 Å². The van der Waals surface area contributed by atoms with Crippen molar-refractivity contribution in [1.29, 1.82) is 0 Å². The van der Waals surface area contributed by atoms with Gasteiger partial charge in [-0.25, -0.2) is 9.67 Å². The van der Waals surface area contributed by atoms with Gasteiger partial charge in [0.2, 0.25) is 0 Å². The lowest BCUT2D eigenvalue weighted by molar-refractivity contribution is -0.141. The topological polar surface area (TPSA) is 88.4 Å². The molecule has 0 radical (unpaired) electrons. The van der Waals surface area contributed by atoms with E-state index < -0.39 is 29.2 Å². The molecular weight excluding hydrogens is 471 g/mol. The normalized spacial score (nSPS) is 14.4. The summed E-state index contributed by atoms with van der Waals surface area (Å²) >= 11 is 6.13. The van der Waals surface area contributed by atoms with E-state index in [9.17, 15) is 22.8 Å². The molecule has 0 aliphatic carbocycles. The van der Waals surface area contributed by atoms with Gasteiger partial charge in [0.05, 0.1) is 11.3 Å². The van der Waals surface area contributed by atoms with Crippen molar-refractivity contribution in [3.8, 4) is 0 Å². The highest BCUT2D eigenvalue weighted by Gasteiger charge is 2.37. The number of aliphatic imine (C=N–C) groups is 1. The molecule has 182 valence electrons. The molecule has 0 spiro atoms. The van der Waals surface area contributed by atoms with Crippen LogP contribution in [0.4, 0.5) is 18.9 Å². The van der Waals surface area contributed by atoms with E-state index in [1.165, 1.54) is 6.07 Å². The highest BCUT2D eigenvalue weighted by atomic mass is 35.5. The summed E-state index contributed by atoms with van der Waals surface area (Å²) in [7, 11) is 0. The number of nitrogens with one attached hydrogen (secondary N) is 2. The van der Waals surface area contributed by atoms with Gasteiger partial charge in [-0.2, -0.15) is 18.3 Å². The predicted molar refractivity (Wildman–Crippen MR) is 125 cm³/mol. The lowest BCUT2D eigenvalue weighted by Crippen LogP contribution is -2.41. The number of halogens is 4. The van der Waals surface area contributed by atoms with E-state index in [-0.39, 0.29) is 27.8 Å². The molecule has 7 nitrogen and oxygen atoms in total. The molecule has 1 aromatic heterocycles. The summed E-state index contributed by atoms with van der Waals surface area (Å²) in [6, 6.07) is 3.60. The fourth-order valence-corrected chi connectivity index (χ4v) is 3.68. The van der Waals surface area contributed by atoms with Crippen LogP contribution in [0.15, 0.2) is 28.8 Å². The summed E-state index contributed by atoms with van der Waals surface area (Å²) in [5, 5.41) is 9.28. The summed E-state index contributed by atoms with van der Waals surface area (Å²) in [5.41, 5.74) is -0.779. The Morgan fingerprint density at radius 1 is 1.09 bits per heavy atom. The Morgan fingerprint density at radius 3 is 2.35 bits per heavy atom. The van der Waals surface area contributed by atoms with Crippen molar-refractivity contribution >= 4 is 41.1 Å². The molecule has 3 rings (SSSR count). The molecule has 0 saturated heterocycles. The van der Waals surface area contributed by atoms with Crippen LogP contribution in [0.25, 0.3) is 5.82 Å². The first-order valence-corrected chi connectivity index (χ1v) is 10.9. The van der Waals surface area contributed by atoms with Gasteiger partial charge in [0.15, 0.2) is 11.5 Å². The fourth-order valence-electron chi connectivity index (χ4n) is 3.41. The van der Waals surface area contributed by atoms with Crippen molar-refractivity contribution in [2.45, 2.75) is 59.2 Å². The van der Waals surface area contributed by atoms with Gasteiger partial charge < -0.3 is 10.6 Å². The first-order chi connectivity index (χ1) is 15.7. The van der Waals surface area contributed by atoms with E-state index in [2.05, 4.69) is 20.7 Å². The summed E-state index contributed by atoms with van der Waals surface area (Å²) < 4.78 is 41.2. The molecule has 0 unspecified atom stereocenters. The second-order valence-corrected chi connectivity index (χ2v) is 9.52. The second kappa shape index (κ2) is 9.25. The van der Waals surface area contributed by atoms with E-state index in [4.69, 9.17) is 11.6 Å². The summed E-state index contributed by atoms with van der Waals surface area (Å²) in [6.45, 7) is 8.72. The molecule has 34 heavy (non-hydrogen) atoms. The highest BCUT2D eigenvalue weighted by molar-refractivity contribution is 6.31. The zero-order chi connectivity index (χ0) is 25.4. The van der Waals surface area contributed by atoms with Gasteiger partial charge in [0.25, 0.3) is 11.8 Å². The van der Waals surface area contributed by atoms with Crippen LogP contribution in [0, 0.1) is 6.92 Å². The third-order valence-corrected chi connectivity index (χ3v) is 5.17. The number of carbonyl (C=O) groups is 2. The average Bonchev–Trinajstić information content (AvgIpc) is 3.14. The number of amides is 2. The Hall–Kier alpha value is -3.14. The van der Waals surface area contributed by atoms with Crippen LogP contribution in [-0.4, -0.2) is 33.3 Å². The van der Waals surface area contributed by atoms with Crippen molar-refractivity contribution in [3.63, 3.8) is 0 Å². The second-order valence-electron chi connectivity index (χ2n) is 9.08. The monoisotopic (exact) mass is 495 g/mol. The Labute approximate surface area is 200 Å². The van der Waals surface area contributed by atoms with E-state index in [0.29, 0.717) is 30.0 Å². The number of allylic oxidation sites excluding steroid dienone is 1. The minimum absolute atomic E-state index is 0.0847. The number of rotatable bonds is 4. The van der Waals surface area contributed by atoms with Crippen molar-refractivity contribution in [1.82, 2.24) is 15.1 Å². The number of aryl methyl sites for hydroxylation is 1. The lowest BCUT2D eigenvalue weighted by atomic mass is 10.0. The molecule has 11 heteroatoms. The van der Waals surface area contributed by atoms with Crippen LogP contribution in [0.3, 0.4) is 0 Å². The van der Waals surface area contributed by atoms with Crippen LogP contribution in [0.5, 0.6) is 0 Å². The van der Waals surface area contributed by atoms with Crippen LogP contribution < -0.4 is 10.6 Å². The molecule has 0 bridgehead atoms. The van der Waals surface area contributed by atoms with Crippen LogP contribution in [-0.2, 0) is 6.18 Å². The standard InChI is InChI=1S/C23H25ClF3N5O2/c1-12-7-6-8-28-19(12)32-16(11-17(31-32)23(25,26)27)21(34)29-18-13(2)9-14(24)10-15(18)20(33)30-22(3,4)5/h8-11H,6-7H2,1-5H3,(H,29,34)(H,30,33).